The first-order chi connectivity index (χ1) is 15.1. The maximum Gasteiger partial charge on any atom is 0.244 e. The number of para-hydroxylation sites is 1. The lowest BCUT2D eigenvalue weighted by atomic mass is 10.1. The van der Waals surface area contributed by atoms with Crippen LogP contribution in [0.15, 0.2) is 54.1 Å². The van der Waals surface area contributed by atoms with Crippen LogP contribution in [0.25, 0.3) is 27.6 Å². The topological polar surface area (TPSA) is 70.7 Å². The van der Waals surface area contributed by atoms with Gasteiger partial charge in [-0.1, -0.05) is 18.2 Å². The summed E-state index contributed by atoms with van der Waals surface area (Å²) in [4.78, 5) is 19.2. The van der Waals surface area contributed by atoms with Crippen LogP contribution in [0.3, 0.4) is 0 Å². The van der Waals surface area contributed by atoms with Crippen LogP contribution < -0.4 is 5.32 Å². The molecule has 156 valence electrons. The number of thiazole rings is 1. The van der Waals surface area contributed by atoms with E-state index in [1.54, 1.807) is 28.7 Å². The van der Waals surface area contributed by atoms with E-state index in [2.05, 4.69) is 38.4 Å². The van der Waals surface area contributed by atoms with Crippen molar-refractivity contribution in [3.05, 3.63) is 69.5 Å². The van der Waals surface area contributed by atoms with E-state index in [4.69, 9.17) is 5.26 Å². The quantitative estimate of drug-likeness (QED) is 0.367. The van der Waals surface area contributed by atoms with Crippen molar-refractivity contribution in [3.8, 4) is 16.6 Å². The predicted octanol–water partition coefficient (Wildman–Crippen LogP) is 5.42. The van der Waals surface area contributed by atoms with Crippen molar-refractivity contribution < 1.29 is 4.79 Å². The van der Waals surface area contributed by atoms with Crippen molar-refractivity contribution in [2.45, 2.75) is 26.3 Å². The van der Waals surface area contributed by atoms with Crippen molar-refractivity contribution in [2.75, 3.05) is 6.54 Å². The molecule has 0 aliphatic carbocycles. The normalized spacial score (nSPS) is 11.2. The monoisotopic (exact) mass is 446 g/mol. The number of fused-ring (bicyclic) bond motifs is 1. The van der Waals surface area contributed by atoms with Crippen LogP contribution in [0.2, 0.25) is 0 Å². The van der Waals surface area contributed by atoms with Gasteiger partial charge in [-0.15, -0.1) is 22.7 Å². The summed E-state index contributed by atoms with van der Waals surface area (Å²) in [5.41, 5.74) is 3.08. The smallest absolute Gasteiger partial charge is 0.244 e. The van der Waals surface area contributed by atoms with Crippen LogP contribution in [0, 0.1) is 18.3 Å². The van der Waals surface area contributed by atoms with E-state index in [1.165, 1.54) is 9.75 Å². The van der Waals surface area contributed by atoms with Gasteiger partial charge in [-0.3, -0.25) is 4.79 Å². The van der Waals surface area contributed by atoms with Gasteiger partial charge in [-0.2, -0.15) is 5.26 Å². The lowest BCUT2D eigenvalue weighted by Gasteiger charge is -2.00. The number of amides is 1. The second-order valence-corrected chi connectivity index (χ2v) is 9.33. The summed E-state index contributed by atoms with van der Waals surface area (Å²) in [6.07, 6.45) is 6.66. The molecule has 0 atom stereocenters. The number of carbonyl (C=O) groups is 1. The average Bonchev–Trinajstić information content (AvgIpc) is 3.50. The van der Waals surface area contributed by atoms with Crippen LogP contribution in [-0.4, -0.2) is 22.0 Å². The van der Waals surface area contributed by atoms with Gasteiger partial charge in [0, 0.05) is 52.1 Å². The fourth-order valence-corrected chi connectivity index (χ4v) is 5.08. The molecule has 4 aromatic rings. The van der Waals surface area contributed by atoms with Crippen LogP contribution >= 0.6 is 22.7 Å². The highest BCUT2D eigenvalue weighted by atomic mass is 32.1. The van der Waals surface area contributed by atoms with E-state index in [0.29, 0.717) is 19.5 Å². The van der Waals surface area contributed by atoms with E-state index in [0.717, 1.165) is 33.6 Å². The summed E-state index contributed by atoms with van der Waals surface area (Å²) in [5, 5.41) is 16.1. The Morgan fingerprint density at radius 2 is 2.16 bits per heavy atom. The van der Waals surface area contributed by atoms with Gasteiger partial charge >= 0.3 is 0 Å². The third-order valence-electron chi connectivity index (χ3n) is 4.90. The van der Waals surface area contributed by atoms with E-state index in [9.17, 15) is 4.79 Å². The van der Waals surface area contributed by atoms with Gasteiger partial charge in [0.25, 0.3) is 0 Å². The van der Waals surface area contributed by atoms with E-state index in [1.807, 2.05) is 43.5 Å². The number of hydrogen-bond acceptors (Lipinski definition) is 5. The van der Waals surface area contributed by atoms with Gasteiger partial charge in [0.05, 0.1) is 28.1 Å². The van der Waals surface area contributed by atoms with Crippen LogP contribution in [-0.2, 0) is 17.8 Å². The molecule has 0 aliphatic rings. The summed E-state index contributed by atoms with van der Waals surface area (Å²) >= 11 is 3.38. The fourth-order valence-electron chi connectivity index (χ4n) is 3.42. The zero-order chi connectivity index (χ0) is 21.6. The highest BCUT2D eigenvalue weighted by Crippen LogP contribution is 2.29. The van der Waals surface area contributed by atoms with Gasteiger partial charge in [-0.25, -0.2) is 4.98 Å². The molecule has 0 saturated heterocycles. The molecule has 0 unspecified atom stereocenters. The molecule has 0 fully saturated rings. The first kappa shape index (κ1) is 21.0. The van der Waals surface area contributed by atoms with Gasteiger partial charge in [0.15, 0.2) is 0 Å². The highest BCUT2D eigenvalue weighted by Gasteiger charge is 2.08. The van der Waals surface area contributed by atoms with Crippen molar-refractivity contribution in [3.63, 3.8) is 0 Å². The molecule has 3 aromatic heterocycles. The molecule has 1 N–H and O–H groups in total. The number of nitrogens with zero attached hydrogens (tertiary/aromatic N) is 3. The minimum absolute atomic E-state index is 0.110. The van der Waals surface area contributed by atoms with Crippen molar-refractivity contribution in [1.29, 1.82) is 5.26 Å². The Kier molecular flexibility index (Phi) is 6.60. The second-order valence-electron chi connectivity index (χ2n) is 7.10. The molecular formula is C24H22N4OS2. The second kappa shape index (κ2) is 9.73. The Labute approximate surface area is 189 Å². The zero-order valence-corrected chi connectivity index (χ0v) is 18.8. The molecule has 0 bridgehead atoms. The summed E-state index contributed by atoms with van der Waals surface area (Å²) in [5.74, 6) is -0.110. The number of nitriles is 1. The minimum atomic E-state index is -0.110. The highest BCUT2D eigenvalue weighted by molar-refractivity contribution is 7.16. The molecule has 7 heteroatoms. The van der Waals surface area contributed by atoms with Crippen LogP contribution in [0.1, 0.15) is 21.9 Å². The summed E-state index contributed by atoms with van der Waals surface area (Å²) < 4.78 is 2.06. The maximum absolute atomic E-state index is 12.3. The van der Waals surface area contributed by atoms with Gasteiger partial charge in [0.1, 0.15) is 0 Å². The molecule has 3 heterocycles. The van der Waals surface area contributed by atoms with E-state index < -0.39 is 0 Å². The largest absolute Gasteiger partial charge is 0.352 e. The van der Waals surface area contributed by atoms with Crippen LogP contribution in [0.5, 0.6) is 0 Å². The predicted molar refractivity (Wildman–Crippen MR) is 128 cm³/mol. The average molecular weight is 447 g/mol. The fraction of sp³-hybridized carbons (Fsp3) is 0.208. The molecule has 31 heavy (non-hydrogen) atoms. The molecule has 5 nitrogen and oxygen atoms in total. The molecule has 0 saturated carbocycles. The number of aromatic nitrogens is 2. The van der Waals surface area contributed by atoms with Crippen molar-refractivity contribution >= 4 is 45.6 Å². The zero-order valence-electron chi connectivity index (χ0n) is 17.2. The van der Waals surface area contributed by atoms with E-state index >= 15 is 0 Å². The Morgan fingerprint density at radius 3 is 2.97 bits per heavy atom. The standard InChI is InChI=1S/C24H22N4OS2/c1-17-27-21(16-30-17)23-9-8-19(31-23)11-13-26-24(29)10-7-18-15-28(14-4-12-25)22-6-3-2-5-20(18)22/h2-3,5-10,15-16H,4,11,13-14H2,1H3,(H,26,29)/b10-7+. The summed E-state index contributed by atoms with van der Waals surface area (Å²) in [6.45, 7) is 3.24. The Hall–Kier alpha value is -3.21. The molecule has 1 amide bonds. The number of nitrogens with one attached hydrogen (secondary N) is 1. The summed E-state index contributed by atoms with van der Waals surface area (Å²) in [7, 11) is 0. The molecular weight excluding hydrogens is 424 g/mol. The van der Waals surface area contributed by atoms with E-state index in [-0.39, 0.29) is 5.91 Å². The third kappa shape index (κ3) is 5.10. The van der Waals surface area contributed by atoms with Gasteiger partial charge < -0.3 is 9.88 Å². The molecule has 0 aliphatic heterocycles. The summed E-state index contributed by atoms with van der Waals surface area (Å²) in [6, 6.07) is 14.4. The lowest BCUT2D eigenvalue weighted by molar-refractivity contribution is -0.116. The number of thiophene rings is 1. The van der Waals surface area contributed by atoms with Gasteiger partial charge in [-0.05, 0) is 37.6 Å². The first-order valence-corrected chi connectivity index (χ1v) is 11.8. The van der Waals surface area contributed by atoms with Crippen molar-refractivity contribution in [1.82, 2.24) is 14.9 Å². The van der Waals surface area contributed by atoms with Crippen LogP contribution in [0.4, 0.5) is 0 Å². The molecule has 0 spiro atoms. The lowest BCUT2D eigenvalue weighted by Crippen LogP contribution is -2.23. The maximum atomic E-state index is 12.3. The number of benzene rings is 1. The minimum Gasteiger partial charge on any atom is -0.352 e. The number of aryl methyl sites for hydroxylation is 2. The third-order valence-corrected chi connectivity index (χ3v) is 6.84. The van der Waals surface area contributed by atoms with Gasteiger partial charge in [0.2, 0.25) is 5.91 Å². The SMILES string of the molecule is Cc1nc(-c2ccc(CCNC(=O)/C=C/c3cn(CCC#N)c4ccccc34)s2)cs1. The molecule has 1 aromatic carbocycles. The van der Waals surface area contributed by atoms with Crippen molar-refractivity contribution in [2.24, 2.45) is 0 Å². The number of carbonyl (C=O) groups excluding carboxylic acids is 1. The molecule has 0 radical (unpaired) electrons. The Bertz CT molecular complexity index is 1270. The first-order valence-electron chi connectivity index (χ1n) is 10.1. The Morgan fingerprint density at radius 1 is 1.29 bits per heavy atom. The molecule has 4 rings (SSSR count). The number of rotatable bonds is 8. The number of hydrogen-bond donors (Lipinski definition) is 1. The Balaban J connectivity index is 1.34.